The molecule has 1 aromatic heterocycles. The minimum Gasteiger partial charge on any atom is -0.366 e. The summed E-state index contributed by atoms with van der Waals surface area (Å²) in [6, 6.07) is 19.8. The smallest absolute Gasteiger partial charge is 0.293 e. The molecular weight excluding hydrogens is 430 g/mol. The van der Waals surface area contributed by atoms with Gasteiger partial charge in [0.25, 0.3) is 11.6 Å². The molecule has 34 heavy (non-hydrogen) atoms. The van der Waals surface area contributed by atoms with Gasteiger partial charge in [0.15, 0.2) is 0 Å². The lowest BCUT2D eigenvalue weighted by molar-refractivity contribution is -0.384. The number of nitro groups is 1. The van der Waals surface area contributed by atoms with E-state index >= 15 is 0 Å². The Morgan fingerprint density at radius 2 is 1.82 bits per heavy atom. The Bertz CT molecular complexity index is 1340. The highest BCUT2D eigenvalue weighted by Gasteiger charge is 2.25. The van der Waals surface area contributed by atoms with E-state index in [1.54, 1.807) is 18.2 Å². The fourth-order valence-corrected chi connectivity index (χ4v) is 4.40. The first-order chi connectivity index (χ1) is 16.5. The van der Waals surface area contributed by atoms with Gasteiger partial charge in [0.1, 0.15) is 11.5 Å². The molecule has 0 aliphatic carbocycles. The molecule has 0 spiro atoms. The van der Waals surface area contributed by atoms with Crippen molar-refractivity contribution in [2.24, 2.45) is 5.92 Å². The van der Waals surface area contributed by atoms with E-state index in [1.165, 1.54) is 6.07 Å². The number of anilines is 2. The number of aromatic amines is 1. The molecule has 1 amide bonds. The van der Waals surface area contributed by atoms with Gasteiger partial charge in [-0.2, -0.15) is 0 Å². The maximum Gasteiger partial charge on any atom is 0.293 e. The van der Waals surface area contributed by atoms with Gasteiger partial charge in [0, 0.05) is 30.3 Å². The van der Waals surface area contributed by atoms with E-state index in [0.29, 0.717) is 23.1 Å². The molecule has 0 atom stereocenters. The zero-order chi connectivity index (χ0) is 23.7. The van der Waals surface area contributed by atoms with Crippen molar-refractivity contribution < 1.29 is 9.72 Å². The molecule has 8 nitrogen and oxygen atoms in total. The highest BCUT2D eigenvalue weighted by atomic mass is 16.6. The molecule has 0 bridgehead atoms. The van der Waals surface area contributed by atoms with Crippen LogP contribution in [0.1, 0.15) is 30.1 Å². The van der Waals surface area contributed by atoms with Gasteiger partial charge < -0.3 is 15.2 Å². The van der Waals surface area contributed by atoms with E-state index in [0.717, 1.165) is 42.5 Å². The van der Waals surface area contributed by atoms with E-state index in [4.69, 9.17) is 0 Å². The predicted octanol–water partition coefficient (Wildman–Crippen LogP) is 5.63. The molecule has 0 unspecified atom stereocenters. The summed E-state index contributed by atoms with van der Waals surface area (Å²) < 4.78 is 0. The second-order valence-corrected chi connectivity index (χ2v) is 8.73. The highest BCUT2D eigenvalue weighted by Crippen LogP contribution is 2.33. The number of nitrogens with one attached hydrogen (secondary N) is 2. The van der Waals surface area contributed by atoms with Gasteiger partial charge in [-0.3, -0.25) is 14.9 Å². The van der Waals surface area contributed by atoms with E-state index < -0.39 is 10.8 Å². The molecule has 1 saturated heterocycles. The molecule has 0 saturated carbocycles. The van der Waals surface area contributed by atoms with Gasteiger partial charge >= 0.3 is 0 Å². The summed E-state index contributed by atoms with van der Waals surface area (Å²) >= 11 is 0. The van der Waals surface area contributed by atoms with Gasteiger partial charge in [0.2, 0.25) is 0 Å². The second-order valence-electron chi connectivity index (χ2n) is 8.73. The lowest BCUT2D eigenvalue weighted by Crippen LogP contribution is -2.33. The van der Waals surface area contributed by atoms with Crippen molar-refractivity contribution in [3.05, 3.63) is 82.4 Å². The normalized spacial score (nSPS) is 14.3. The Morgan fingerprint density at radius 1 is 1.09 bits per heavy atom. The van der Waals surface area contributed by atoms with Gasteiger partial charge in [-0.1, -0.05) is 31.2 Å². The lowest BCUT2D eigenvalue weighted by atomic mass is 9.98. The van der Waals surface area contributed by atoms with Gasteiger partial charge in [0.05, 0.1) is 21.6 Å². The molecule has 2 heterocycles. The molecule has 5 rings (SSSR count). The van der Waals surface area contributed by atoms with Crippen molar-refractivity contribution in [1.82, 2.24) is 9.97 Å². The zero-order valence-electron chi connectivity index (χ0n) is 18.8. The zero-order valence-corrected chi connectivity index (χ0v) is 18.8. The summed E-state index contributed by atoms with van der Waals surface area (Å²) in [5.41, 5.74) is 3.79. The van der Waals surface area contributed by atoms with E-state index in [1.807, 2.05) is 47.4 Å². The Kier molecular flexibility index (Phi) is 5.71. The SMILES string of the molecule is CC1CCN(c2ccc(C(=O)Nc3ccccc3-c3nc4ccccc4[nH]3)cc2[N+](=O)[O-])CC1. The number of fused-ring (bicyclic) bond motifs is 1. The van der Waals surface area contributed by atoms with E-state index in [-0.39, 0.29) is 11.3 Å². The number of carbonyl (C=O) groups excluding carboxylic acids is 1. The maximum absolute atomic E-state index is 13.1. The molecular formula is C26H25N5O3. The molecule has 172 valence electrons. The van der Waals surface area contributed by atoms with E-state index in [2.05, 4.69) is 22.2 Å². The van der Waals surface area contributed by atoms with Crippen LogP contribution >= 0.6 is 0 Å². The number of rotatable bonds is 5. The first-order valence-electron chi connectivity index (χ1n) is 11.4. The Morgan fingerprint density at radius 3 is 2.59 bits per heavy atom. The Balaban J connectivity index is 1.43. The molecule has 1 fully saturated rings. The lowest BCUT2D eigenvalue weighted by Gasteiger charge is -2.31. The number of imidazole rings is 1. The molecule has 0 radical (unpaired) electrons. The van der Waals surface area contributed by atoms with Crippen LogP contribution in [-0.4, -0.2) is 33.9 Å². The van der Waals surface area contributed by atoms with Crippen LogP contribution in [0, 0.1) is 16.0 Å². The molecule has 4 aromatic rings. The number of carbonyl (C=O) groups is 1. The van der Waals surface area contributed by atoms with Gasteiger partial charge in [-0.05, 0) is 55.2 Å². The Hall–Kier alpha value is -4.20. The number of piperidine rings is 1. The predicted molar refractivity (Wildman–Crippen MR) is 133 cm³/mol. The van der Waals surface area contributed by atoms with Crippen LogP contribution in [-0.2, 0) is 0 Å². The Labute approximate surface area is 196 Å². The number of hydrogen-bond acceptors (Lipinski definition) is 5. The van der Waals surface area contributed by atoms with Crippen LogP contribution in [0.15, 0.2) is 66.7 Å². The minimum atomic E-state index is -0.412. The molecule has 2 N–H and O–H groups in total. The average molecular weight is 456 g/mol. The minimum absolute atomic E-state index is 0.0484. The fourth-order valence-electron chi connectivity index (χ4n) is 4.40. The highest BCUT2D eigenvalue weighted by molar-refractivity contribution is 6.07. The average Bonchev–Trinajstić information content (AvgIpc) is 3.28. The van der Waals surface area contributed by atoms with Crippen LogP contribution in [0.3, 0.4) is 0 Å². The molecule has 8 heteroatoms. The number of hydrogen-bond donors (Lipinski definition) is 2. The number of aromatic nitrogens is 2. The fraction of sp³-hybridized carbons (Fsp3) is 0.231. The van der Waals surface area contributed by atoms with Crippen LogP contribution in [0.2, 0.25) is 0 Å². The summed E-state index contributed by atoms with van der Waals surface area (Å²) in [6.07, 6.45) is 2.00. The number of nitrogens with zero attached hydrogens (tertiary/aromatic N) is 3. The van der Waals surface area contributed by atoms with Crippen molar-refractivity contribution in [3.63, 3.8) is 0 Å². The molecule has 1 aliphatic rings. The van der Waals surface area contributed by atoms with Crippen molar-refractivity contribution in [3.8, 4) is 11.4 Å². The second kappa shape index (κ2) is 8.97. The van der Waals surface area contributed by atoms with Crippen LogP contribution < -0.4 is 10.2 Å². The number of para-hydroxylation sites is 3. The maximum atomic E-state index is 13.1. The van der Waals surface area contributed by atoms with Crippen molar-refractivity contribution in [1.29, 1.82) is 0 Å². The standard InChI is InChI=1S/C26H25N5O3/c1-17-12-14-30(15-13-17)23-11-10-18(16-24(23)31(33)34)26(32)29-20-7-3-2-6-19(20)25-27-21-8-4-5-9-22(21)28-25/h2-11,16-17H,12-15H2,1H3,(H,27,28)(H,29,32). The first kappa shape index (κ1) is 21.6. The number of nitro benzene ring substituents is 1. The quantitative estimate of drug-likeness (QED) is 0.300. The molecule has 1 aliphatic heterocycles. The van der Waals surface area contributed by atoms with Crippen molar-refractivity contribution in [2.45, 2.75) is 19.8 Å². The van der Waals surface area contributed by atoms with Crippen molar-refractivity contribution >= 4 is 34.0 Å². The first-order valence-corrected chi connectivity index (χ1v) is 11.4. The summed E-state index contributed by atoms with van der Waals surface area (Å²) in [6.45, 7) is 3.75. The third-order valence-corrected chi connectivity index (χ3v) is 6.38. The van der Waals surface area contributed by atoms with Gasteiger partial charge in [-0.25, -0.2) is 4.98 Å². The monoisotopic (exact) mass is 455 g/mol. The van der Waals surface area contributed by atoms with Crippen molar-refractivity contribution in [2.75, 3.05) is 23.3 Å². The summed E-state index contributed by atoms with van der Waals surface area (Å²) in [5, 5.41) is 14.7. The third-order valence-electron chi connectivity index (χ3n) is 6.38. The third kappa shape index (κ3) is 4.22. The number of amides is 1. The topological polar surface area (TPSA) is 104 Å². The van der Waals surface area contributed by atoms with E-state index in [9.17, 15) is 14.9 Å². The van der Waals surface area contributed by atoms with Crippen LogP contribution in [0.25, 0.3) is 22.4 Å². The van der Waals surface area contributed by atoms with Crippen LogP contribution in [0.4, 0.5) is 17.1 Å². The van der Waals surface area contributed by atoms with Crippen LogP contribution in [0.5, 0.6) is 0 Å². The summed E-state index contributed by atoms with van der Waals surface area (Å²) in [5.74, 6) is 0.843. The summed E-state index contributed by atoms with van der Waals surface area (Å²) in [4.78, 5) is 34.5. The number of H-pyrrole nitrogens is 1. The van der Waals surface area contributed by atoms with Gasteiger partial charge in [-0.15, -0.1) is 0 Å². The largest absolute Gasteiger partial charge is 0.366 e. The molecule has 3 aromatic carbocycles. The summed E-state index contributed by atoms with van der Waals surface area (Å²) in [7, 11) is 0. The number of benzene rings is 3.